The molecule has 0 aliphatic heterocycles. The lowest BCUT2D eigenvalue weighted by Crippen LogP contribution is -2.43. The molecule has 1 unspecified atom stereocenters. The fourth-order valence-corrected chi connectivity index (χ4v) is 0.408. The number of aliphatic carboxylic acids is 1. The standard InChI is InChI=1S/C6H15NO.C4H6O2/c1-4-6(7,8)5(2)3;1-3(2)4(5)6/h5,8H,4,7H2,1-3H3;1H2,2H3,(H,5,6). The van der Waals surface area contributed by atoms with E-state index >= 15 is 0 Å². The molecule has 0 aromatic carbocycles. The zero-order valence-corrected chi connectivity index (χ0v) is 9.37. The van der Waals surface area contributed by atoms with E-state index in [1.165, 1.54) is 6.92 Å². The van der Waals surface area contributed by atoms with Crippen LogP contribution in [0.3, 0.4) is 0 Å². The topological polar surface area (TPSA) is 83.5 Å². The first-order valence-electron chi connectivity index (χ1n) is 4.55. The van der Waals surface area contributed by atoms with Gasteiger partial charge in [-0.2, -0.15) is 0 Å². The second-order valence-electron chi connectivity index (χ2n) is 3.58. The highest BCUT2D eigenvalue weighted by atomic mass is 16.4. The van der Waals surface area contributed by atoms with Crippen LogP contribution in [-0.4, -0.2) is 21.9 Å². The first-order chi connectivity index (χ1) is 6.15. The average molecular weight is 203 g/mol. The summed E-state index contributed by atoms with van der Waals surface area (Å²) in [6, 6.07) is 0. The fourth-order valence-electron chi connectivity index (χ4n) is 0.408. The lowest BCUT2D eigenvalue weighted by atomic mass is 9.98. The first-order valence-corrected chi connectivity index (χ1v) is 4.55. The van der Waals surface area contributed by atoms with Gasteiger partial charge in [0.25, 0.3) is 0 Å². The zero-order valence-electron chi connectivity index (χ0n) is 9.37. The van der Waals surface area contributed by atoms with Gasteiger partial charge in [0.15, 0.2) is 0 Å². The minimum atomic E-state index is -0.958. The maximum absolute atomic E-state index is 9.60. The van der Waals surface area contributed by atoms with Crippen LogP contribution < -0.4 is 5.73 Å². The molecule has 0 spiro atoms. The molecule has 4 nitrogen and oxygen atoms in total. The van der Waals surface area contributed by atoms with E-state index in [2.05, 4.69) is 6.58 Å². The van der Waals surface area contributed by atoms with Gasteiger partial charge in [0.2, 0.25) is 0 Å². The number of carbonyl (C=O) groups is 1. The van der Waals surface area contributed by atoms with Crippen LogP contribution in [0.25, 0.3) is 0 Å². The molecule has 0 aliphatic rings. The van der Waals surface area contributed by atoms with Gasteiger partial charge < -0.3 is 15.9 Å². The Morgan fingerprint density at radius 3 is 1.86 bits per heavy atom. The molecule has 0 saturated carbocycles. The number of rotatable bonds is 3. The van der Waals surface area contributed by atoms with Crippen molar-refractivity contribution in [3.63, 3.8) is 0 Å². The van der Waals surface area contributed by atoms with Gasteiger partial charge in [0.05, 0.1) is 0 Å². The van der Waals surface area contributed by atoms with Gasteiger partial charge in [0, 0.05) is 5.57 Å². The molecule has 4 heteroatoms. The number of aliphatic hydroxyl groups is 1. The van der Waals surface area contributed by atoms with Crippen molar-refractivity contribution in [2.24, 2.45) is 11.7 Å². The van der Waals surface area contributed by atoms with Crippen LogP contribution in [-0.2, 0) is 4.79 Å². The summed E-state index contributed by atoms with van der Waals surface area (Å²) in [6.07, 6.45) is 0.616. The lowest BCUT2D eigenvalue weighted by molar-refractivity contribution is -0.132. The van der Waals surface area contributed by atoms with Crippen molar-refractivity contribution >= 4 is 5.97 Å². The van der Waals surface area contributed by atoms with E-state index in [1.54, 1.807) is 0 Å². The summed E-state index contributed by atoms with van der Waals surface area (Å²) in [5.41, 5.74) is 4.63. The van der Waals surface area contributed by atoms with Crippen LogP contribution in [0, 0.1) is 5.92 Å². The third kappa shape index (κ3) is 7.76. The minimum absolute atomic E-state index is 0.146. The second kappa shape index (κ2) is 6.56. The number of carboxylic acid groups (broad SMARTS) is 1. The molecule has 14 heavy (non-hydrogen) atoms. The molecule has 0 rings (SSSR count). The Hall–Kier alpha value is -0.870. The Morgan fingerprint density at radius 1 is 1.57 bits per heavy atom. The Balaban J connectivity index is 0. The lowest BCUT2D eigenvalue weighted by Gasteiger charge is -2.25. The first kappa shape index (κ1) is 15.6. The van der Waals surface area contributed by atoms with E-state index < -0.39 is 11.7 Å². The smallest absolute Gasteiger partial charge is 0.330 e. The molecule has 0 amide bonds. The molecule has 0 aromatic heterocycles. The van der Waals surface area contributed by atoms with Gasteiger partial charge in [-0.1, -0.05) is 27.4 Å². The summed E-state index contributed by atoms with van der Waals surface area (Å²) < 4.78 is 0. The Morgan fingerprint density at radius 2 is 1.86 bits per heavy atom. The molecule has 0 heterocycles. The van der Waals surface area contributed by atoms with Gasteiger partial charge in [-0.15, -0.1) is 0 Å². The van der Waals surface area contributed by atoms with Gasteiger partial charge in [-0.05, 0) is 19.3 Å². The van der Waals surface area contributed by atoms with Crippen molar-refractivity contribution in [1.82, 2.24) is 0 Å². The van der Waals surface area contributed by atoms with Gasteiger partial charge in [-0.3, -0.25) is 0 Å². The van der Waals surface area contributed by atoms with Crippen molar-refractivity contribution in [1.29, 1.82) is 0 Å². The van der Waals surface area contributed by atoms with Crippen LogP contribution in [0.5, 0.6) is 0 Å². The number of hydrogen-bond acceptors (Lipinski definition) is 3. The number of carboxylic acids is 1. The summed E-state index contributed by atoms with van der Waals surface area (Å²) in [5, 5.41) is 17.1. The van der Waals surface area contributed by atoms with E-state index in [9.17, 15) is 9.90 Å². The molecule has 0 fully saturated rings. The molecule has 0 bridgehead atoms. The summed E-state index contributed by atoms with van der Waals surface area (Å²) in [4.78, 5) is 9.60. The average Bonchev–Trinajstić information content (AvgIpc) is 2.05. The molecule has 84 valence electrons. The highest BCUT2D eigenvalue weighted by molar-refractivity contribution is 5.84. The number of nitrogens with two attached hydrogens (primary N) is 1. The molecule has 0 aromatic rings. The summed E-state index contributed by atoms with van der Waals surface area (Å²) in [5.74, 6) is -0.789. The van der Waals surface area contributed by atoms with Crippen LogP contribution in [0.2, 0.25) is 0 Å². The fraction of sp³-hybridized carbons (Fsp3) is 0.700. The normalized spacial score (nSPS) is 13.9. The summed E-state index contributed by atoms with van der Waals surface area (Å²) >= 11 is 0. The van der Waals surface area contributed by atoms with Gasteiger partial charge in [0.1, 0.15) is 5.72 Å². The molecular weight excluding hydrogens is 182 g/mol. The van der Waals surface area contributed by atoms with Crippen molar-refractivity contribution in [2.45, 2.75) is 39.8 Å². The maximum Gasteiger partial charge on any atom is 0.330 e. The molecule has 0 saturated heterocycles. The van der Waals surface area contributed by atoms with Crippen LogP contribution in [0.4, 0.5) is 0 Å². The zero-order chi connectivity index (χ0) is 11.9. The van der Waals surface area contributed by atoms with E-state index in [-0.39, 0.29) is 11.5 Å². The van der Waals surface area contributed by atoms with Crippen LogP contribution >= 0.6 is 0 Å². The predicted octanol–water partition coefficient (Wildman–Crippen LogP) is 1.35. The second-order valence-corrected chi connectivity index (χ2v) is 3.58. The van der Waals surface area contributed by atoms with Crippen molar-refractivity contribution < 1.29 is 15.0 Å². The van der Waals surface area contributed by atoms with Crippen LogP contribution in [0.15, 0.2) is 12.2 Å². The summed E-state index contributed by atoms with van der Waals surface area (Å²) in [6.45, 7) is 10.3. The van der Waals surface area contributed by atoms with Gasteiger partial charge in [-0.25, -0.2) is 4.79 Å². The SMILES string of the molecule is C=C(C)C(=O)O.CCC(N)(O)C(C)C. The largest absolute Gasteiger partial charge is 0.478 e. The Labute approximate surface area is 85.4 Å². The van der Waals surface area contributed by atoms with Gasteiger partial charge >= 0.3 is 5.97 Å². The molecule has 0 aliphatic carbocycles. The summed E-state index contributed by atoms with van der Waals surface area (Å²) in [7, 11) is 0. The van der Waals surface area contributed by atoms with E-state index in [0.717, 1.165) is 0 Å². The quantitative estimate of drug-likeness (QED) is 0.477. The van der Waals surface area contributed by atoms with Crippen molar-refractivity contribution in [3.05, 3.63) is 12.2 Å². The third-order valence-electron chi connectivity index (χ3n) is 1.93. The monoisotopic (exact) mass is 203 g/mol. The van der Waals surface area contributed by atoms with Crippen molar-refractivity contribution in [3.8, 4) is 0 Å². The Bertz CT molecular complexity index is 186. The molecule has 1 atom stereocenters. The van der Waals surface area contributed by atoms with E-state index in [0.29, 0.717) is 6.42 Å². The molecule has 0 radical (unpaired) electrons. The highest BCUT2D eigenvalue weighted by Crippen LogP contribution is 2.12. The van der Waals surface area contributed by atoms with Crippen LogP contribution in [0.1, 0.15) is 34.1 Å². The highest BCUT2D eigenvalue weighted by Gasteiger charge is 2.21. The molecule has 4 N–H and O–H groups in total. The Kier molecular flexibility index (Phi) is 7.31. The van der Waals surface area contributed by atoms with E-state index in [4.69, 9.17) is 10.8 Å². The predicted molar refractivity (Wildman–Crippen MR) is 56.7 cm³/mol. The van der Waals surface area contributed by atoms with Crippen molar-refractivity contribution in [2.75, 3.05) is 0 Å². The maximum atomic E-state index is 9.60. The minimum Gasteiger partial charge on any atom is -0.478 e. The number of hydrogen-bond donors (Lipinski definition) is 3. The molecular formula is C10H21NO3. The third-order valence-corrected chi connectivity index (χ3v) is 1.93. The van der Waals surface area contributed by atoms with E-state index in [1.807, 2.05) is 20.8 Å².